The Morgan fingerprint density at radius 1 is 0.892 bits per heavy atom. The molecule has 1 unspecified atom stereocenters. The van der Waals surface area contributed by atoms with E-state index in [9.17, 15) is 4.79 Å². The number of nitrogens with one attached hydrogen (secondary N) is 3. The first kappa shape index (κ1) is 23.3. The Kier molecular flexibility index (Phi) is 6.57. The number of allylic oxidation sites excluding steroid dienone is 8. The lowest BCUT2D eigenvalue weighted by Gasteiger charge is -2.20. The smallest absolute Gasteiger partial charge is 0.257 e. The molecular formula is C33H31N3O. The van der Waals surface area contributed by atoms with Crippen LogP contribution in [0.4, 0.5) is 0 Å². The minimum atomic E-state index is -0.0872. The van der Waals surface area contributed by atoms with E-state index in [0.29, 0.717) is 11.5 Å². The van der Waals surface area contributed by atoms with Gasteiger partial charge in [0.15, 0.2) is 0 Å². The monoisotopic (exact) mass is 485 g/mol. The predicted molar refractivity (Wildman–Crippen MR) is 153 cm³/mol. The van der Waals surface area contributed by atoms with Gasteiger partial charge in [0, 0.05) is 41.7 Å². The van der Waals surface area contributed by atoms with Gasteiger partial charge in [-0.05, 0) is 65.8 Å². The van der Waals surface area contributed by atoms with E-state index in [0.717, 1.165) is 60.1 Å². The Hall–Kier alpha value is -4.15. The number of aromatic amines is 2. The third-order valence-corrected chi connectivity index (χ3v) is 7.29. The molecule has 4 nitrogen and oxygen atoms in total. The summed E-state index contributed by atoms with van der Waals surface area (Å²) >= 11 is 0. The molecule has 2 aromatic heterocycles. The highest BCUT2D eigenvalue weighted by Crippen LogP contribution is 2.38. The van der Waals surface area contributed by atoms with E-state index in [1.54, 1.807) is 6.20 Å². The standard InChI is InChI=1S/C33H31N3O/c37-33-28(12-7-19-35-33)32-31(27-16-14-26(15-17-27)25-10-5-2-6-11-25)29-20-24(13-18-30(29)36-32)22-34-21-23-8-3-1-4-9-23/h1,3-5,7-14,16-20,26,34,36H,2,6,15,21-22H2,(H,35,37). The highest BCUT2D eigenvalue weighted by Gasteiger charge is 2.21. The largest absolute Gasteiger partial charge is 0.354 e. The molecule has 37 heavy (non-hydrogen) atoms. The van der Waals surface area contributed by atoms with E-state index in [-0.39, 0.29) is 5.56 Å². The van der Waals surface area contributed by atoms with Crippen molar-refractivity contribution in [2.45, 2.75) is 32.4 Å². The Morgan fingerprint density at radius 2 is 1.78 bits per heavy atom. The van der Waals surface area contributed by atoms with Gasteiger partial charge < -0.3 is 15.3 Å². The van der Waals surface area contributed by atoms with Crippen LogP contribution >= 0.6 is 0 Å². The summed E-state index contributed by atoms with van der Waals surface area (Å²) < 4.78 is 0. The summed E-state index contributed by atoms with van der Waals surface area (Å²) in [6.45, 7) is 1.59. The first-order valence-corrected chi connectivity index (χ1v) is 13.1. The molecule has 0 spiro atoms. The van der Waals surface area contributed by atoms with Crippen LogP contribution in [-0.2, 0) is 13.1 Å². The first-order valence-electron chi connectivity index (χ1n) is 13.1. The molecule has 4 heteroatoms. The quantitative estimate of drug-likeness (QED) is 0.263. The van der Waals surface area contributed by atoms with E-state index < -0.39 is 0 Å². The third-order valence-electron chi connectivity index (χ3n) is 7.29. The lowest BCUT2D eigenvalue weighted by Crippen LogP contribution is -2.12. The van der Waals surface area contributed by atoms with Crippen LogP contribution in [0.25, 0.3) is 27.7 Å². The Labute approximate surface area is 217 Å². The molecule has 184 valence electrons. The van der Waals surface area contributed by atoms with Crippen LogP contribution in [0.2, 0.25) is 0 Å². The molecule has 0 saturated heterocycles. The van der Waals surface area contributed by atoms with Crippen molar-refractivity contribution in [2.24, 2.45) is 5.92 Å². The first-order chi connectivity index (χ1) is 18.3. The summed E-state index contributed by atoms with van der Waals surface area (Å²) in [7, 11) is 0. The van der Waals surface area contributed by atoms with Gasteiger partial charge in [-0.1, -0.05) is 72.9 Å². The van der Waals surface area contributed by atoms with E-state index in [1.165, 1.54) is 16.7 Å². The molecule has 0 bridgehead atoms. The van der Waals surface area contributed by atoms with Gasteiger partial charge in [0.1, 0.15) is 0 Å². The zero-order valence-electron chi connectivity index (χ0n) is 20.8. The minimum absolute atomic E-state index is 0.0872. The molecule has 0 saturated carbocycles. The van der Waals surface area contributed by atoms with E-state index in [4.69, 9.17) is 0 Å². The lowest BCUT2D eigenvalue weighted by molar-refractivity contribution is 0.694. The van der Waals surface area contributed by atoms with Crippen molar-refractivity contribution >= 4 is 16.5 Å². The van der Waals surface area contributed by atoms with Crippen molar-refractivity contribution in [1.29, 1.82) is 0 Å². The van der Waals surface area contributed by atoms with Gasteiger partial charge in [-0.2, -0.15) is 0 Å². The van der Waals surface area contributed by atoms with Gasteiger partial charge in [-0.15, -0.1) is 0 Å². The number of pyridine rings is 1. The highest BCUT2D eigenvalue weighted by atomic mass is 16.1. The lowest BCUT2D eigenvalue weighted by atomic mass is 9.85. The minimum Gasteiger partial charge on any atom is -0.354 e. The normalized spacial score (nSPS) is 17.1. The molecule has 0 amide bonds. The van der Waals surface area contributed by atoms with E-state index in [1.807, 2.05) is 18.2 Å². The molecule has 0 radical (unpaired) electrons. The van der Waals surface area contributed by atoms with Crippen LogP contribution in [0.15, 0.2) is 114 Å². The zero-order valence-corrected chi connectivity index (χ0v) is 20.8. The molecule has 0 fully saturated rings. The number of hydrogen-bond acceptors (Lipinski definition) is 2. The molecule has 2 aliphatic carbocycles. The van der Waals surface area contributed by atoms with Gasteiger partial charge in [0.25, 0.3) is 5.56 Å². The summed E-state index contributed by atoms with van der Waals surface area (Å²) in [5.74, 6) is 0.409. The Morgan fingerprint density at radius 3 is 2.57 bits per heavy atom. The number of H-pyrrole nitrogens is 2. The Bertz CT molecular complexity index is 1600. The molecule has 0 aliphatic heterocycles. The van der Waals surface area contributed by atoms with Crippen LogP contribution < -0.4 is 10.9 Å². The average molecular weight is 486 g/mol. The number of fused-ring (bicyclic) bond motifs is 1. The second-order valence-electron chi connectivity index (χ2n) is 9.80. The van der Waals surface area contributed by atoms with Gasteiger partial charge in [0.2, 0.25) is 0 Å². The summed E-state index contributed by atoms with van der Waals surface area (Å²) in [6, 6.07) is 20.8. The van der Waals surface area contributed by atoms with Gasteiger partial charge in [-0.3, -0.25) is 4.79 Å². The maximum atomic E-state index is 12.8. The zero-order chi connectivity index (χ0) is 25.0. The van der Waals surface area contributed by atoms with Crippen LogP contribution in [-0.4, -0.2) is 9.97 Å². The molecule has 2 aliphatic rings. The van der Waals surface area contributed by atoms with Gasteiger partial charge >= 0.3 is 0 Å². The number of hydrogen-bond donors (Lipinski definition) is 3. The van der Waals surface area contributed by atoms with Crippen molar-refractivity contribution in [3.8, 4) is 11.3 Å². The second kappa shape index (κ2) is 10.5. The molecular weight excluding hydrogens is 454 g/mol. The molecule has 2 heterocycles. The maximum Gasteiger partial charge on any atom is 0.257 e. The van der Waals surface area contributed by atoms with Crippen LogP contribution in [0.1, 0.15) is 36.0 Å². The fraction of sp³-hybridized carbons (Fsp3) is 0.182. The average Bonchev–Trinajstić information content (AvgIpc) is 3.33. The van der Waals surface area contributed by atoms with E-state index in [2.05, 4.69) is 94.2 Å². The van der Waals surface area contributed by atoms with Crippen molar-refractivity contribution in [3.63, 3.8) is 0 Å². The van der Waals surface area contributed by atoms with Crippen molar-refractivity contribution in [2.75, 3.05) is 0 Å². The summed E-state index contributed by atoms with van der Waals surface area (Å²) in [4.78, 5) is 19.2. The highest BCUT2D eigenvalue weighted by molar-refractivity contribution is 6.02. The predicted octanol–water partition coefficient (Wildman–Crippen LogP) is 7.05. The molecule has 4 aromatic rings. The van der Waals surface area contributed by atoms with Crippen molar-refractivity contribution < 1.29 is 0 Å². The second-order valence-corrected chi connectivity index (χ2v) is 9.80. The van der Waals surface area contributed by atoms with Gasteiger partial charge in [-0.25, -0.2) is 0 Å². The third kappa shape index (κ3) is 4.93. The Balaban J connectivity index is 1.35. The summed E-state index contributed by atoms with van der Waals surface area (Å²) in [5, 5.41) is 4.71. The van der Waals surface area contributed by atoms with Crippen LogP contribution in [0, 0.1) is 5.92 Å². The van der Waals surface area contributed by atoms with Gasteiger partial charge in [0.05, 0.1) is 11.3 Å². The summed E-state index contributed by atoms with van der Waals surface area (Å²) in [6.07, 6.45) is 18.7. The number of aromatic nitrogens is 2. The van der Waals surface area contributed by atoms with Crippen LogP contribution in [0.5, 0.6) is 0 Å². The SMILES string of the molecule is O=c1[nH]cccc1-c1[nH]c2ccc(CNCc3ccccc3)cc2c1C1=CCC(C2=CCCC=C2)C=C1. The molecule has 2 aromatic carbocycles. The number of benzene rings is 2. The fourth-order valence-electron chi connectivity index (χ4n) is 5.38. The molecule has 1 atom stereocenters. The number of rotatable bonds is 7. The van der Waals surface area contributed by atoms with Crippen LogP contribution in [0.3, 0.4) is 0 Å². The molecule has 6 rings (SSSR count). The fourth-order valence-corrected chi connectivity index (χ4v) is 5.38. The molecule has 3 N–H and O–H groups in total. The van der Waals surface area contributed by atoms with E-state index >= 15 is 0 Å². The maximum absolute atomic E-state index is 12.8. The topological polar surface area (TPSA) is 60.7 Å². The van der Waals surface area contributed by atoms with Crippen molar-refractivity contribution in [1.82, 2.24) is 15.3 Å². The van der Waals surface area contributed by atoms with Crippen molar-refractivity contribution in [3.05, 3.63) is 136 Å². The summed E-state index contributed by atoms with van der Waals surface area (Å²) in [5.41, 5.74) is 8.63.